The second-order valence-corrected chi connectivity index (χ2v) is 6.42. The summed E-state index contributed by atoms with van der Waals surface area (Å²) in [5.74, 6) is 0.337. The predicted molar refractivity (Wildman–Crippen MR) is 101 cm³/mol. The van der Waals surface area contributed by atoms with Gasteiger partial charge >= 0.3 is 0 Å². The number of carbonyl (C=O) groups excluding carboxylic acids is 2. The third kappa shape index (κ3) is 3.79. The van der Waals surface area contributed by atoms with Crippen molar-refractivity contribution in [2.75, 3.05) is 38.8 Å². The van der Waals surface area contributed by atoms with E-state index in [1.165, 1.54) is 0 Å². The molecule has 1 atom stereocenters. The summed E-state index contributed by atoms with van der Waals surface area (Å²) in [6, 6.07) is 6.88. The summed E-state index contributed by atoms with van der Waals surface area (Å²) < 4.78 is 10.9. The lowest BCUT2D eigenvalue weighted by Gasteiger charge is -2.35. The van der Waals surface area contributed by atoms with Gasteiger partial charge in [0, 0.05) is 13.7 Å². The molecule has 0 aromatic heterocycles. The molecule has 26 heavy (non-hydrogen) atoms. The van der Waals surface area contributed by atoms with E-state index in [0.717, 1.165) is 18.8 Å². The Labute approximate surface area is 159 Å². The Kier molecular flexibility index (Phi) is 6.86. The molecule has 0 spiro atoms. The second kappa shape index (κ2) is 8.70. The Hall–Kier alpha value is -1.83. The smallest absolute Gasteiger partial charge is 0.252 e. The highest BCUT2D eigenvalue weighted by atomic mass is 35.5. The molecule has 0 bridgehead atoms. The number of nitrogens with zero attached hydrogens (tertiary/aromatic N) is 1. The van der Waals surface area contributed by atoms with Crippen molar-refractivity contribution in [1.82, 2.24) is 10.6 Å². The first-order chi connectivity index (χ1) is 12.1. The largest absolute Gasteiger partial charge is 0.495 e. The lowest BCUT2D eigenvalue weighted by Crippen LogP contribution is -2.57. The van der Waals surface area contributed by atoms with Gasteiger partial charge in [0.25, 0.3) is 5.91 Å². The van der Waals surface area contributed by atoms with Crippen molar-refractivity contribution in [1.29, 1.82) is 0 Å². The fourth-order valence-corrected chi connectivity index (χ4v) is 3.55. The molecule has 3 rings (SSSR count). The molecular weight excluding hydrogens is 358 g/mol. The first kappa shape index (κ1) is 20.5. The maximum Gasteiger partial charge on any atom is 0.252 e. The van der Waals surface area contributed by atoms with Crippen LogP contribution in [0.2, 0.25) is 0 Å². The van der Waals surface area contributed by atoms with Gasteiger partial charge in [-0.05, 0) is 44.5 Å². The van der Waals surface area contributed by atoms with Gasteiger partial charge in [0.1, 0.15) is 17.4 Å². The maximum absolute atomic E-state index is 12.8. The molecule has 1 aromatic rings. The summed E-state index contributed by atoms with van der Waals surface area (Å²) in [5, 5.41) is 6.13. The Morgan fingerprint density at radius 3 is 2.62 bits per heavy atom. The number of nitrogens with one attached hydrogen (secondary N) is 2. The first-order valence-electron chi connectivity index (χ1n) is 8.62. The fourth-order valence-electron chi connectivity index (χ4n) is 3.55. The van der Waals surface area contributed by atoms with Crippen molar-refractivity contribution in [2.45, 2.75) is 30.9 Å². The summed E-state index contributed by atoms with van der Waals surface area (Å²) in [6.07, 6.45) is 1.78. The van der Waals surface area contributed by atoms with E-state index in [0.29, 0.717) is 31.6 Å². The molecule has 0 saturated carbocycles. The second-order valence-electron chi connectivity index (χ2n) is 6.42. The monoisotopic (exact) mass is 383 g/mol. The zero-order chi connectivity index (χ0) is 17.9. The van der Waals surface area contributed by atoms with E-state index >= 15 is 0 Å². The Morgan fingerprint density at radius 1 is 1.27 bits per heavy atom. The van der Waals surface area contributed by atoms with Gasteiger partial charge in [-0.15, -0.1) is 12.4 Å². The molecule has 2 saturated heterocycles. The zero-order valence-electron chi connectivity index (χ0n) is 15.1. The minimum atomic E-state index is -0.844. The van der Waals surface area contributed by atoms with E-state index in [2.05, 4.69) is 10.6 Å². The molecule has 2 amide bonds. The average Bonchev–Trinajstić information content (AvgIpc) is 3.02. The van der Waals surface area contributed by atoms with Crippen molar-refractivity contribution >= 4 is 29.9 Å². The average molecular weight is 384 g/mol. The van der Waals surface area contributed by atoms with E-state index in [-0.39, 0.29) is 24.2 Å². The molecule has 0 radical (unpaired) electrons. The SMILES string of the molecule is COc1ccccc1N1CCC(NC(=O)C2(OC)CCNCC2)C1=O.Cl. The van der Waals surface area contributed by atoms with Crippen molar-refractivity contribution in [3.05, 3.63) is 24.3 Å². The summed E-state index contributed by atoms with van der Waals surface area (Å²) >= 11 is 0. The van der Waals surface area contributed by atoms with Gasteiger partial charge in [-0.2, -0.15) is 0 Å². The molecule has 2 aliphatic heterocycles. The predicted octanol–water partition coefficient (Wildman–Crippen LogP) is 1.11. The molecule has 144 valence electrons. The molecule has 1 aromatic carbocycles. The highest BCUT2D eigenvalue weighted by Gasteiger charge is 2.43. The first-order valence-corrected chi connectivity index (χ1v) is 8.62. The molecule has 8 heteroatoms. The van der Waals surface area contributed by atoms with Crippen LogP contribution in [0.1, 0.15) is 19.3 Å². The van der Waals surface area contributed by atoms with Crippen molar-refractivity contribution in [2.24, 2.45) is 0 Å². The molecule has 2 aliphatic rings. The Balaban J connectivity index is 0.00000243. The number of methoxy groups -OCH3 is 2. The van der Waals surface area contributed by atoms with E-state index in [4.69, 9.17) is 9.47 Å². The van der Waals surface area contributed by atoms with E-state index in [1.807, 2.05) is 24.3 Å². The van der Waals surface area contributed by atoms with Gasteiger partial charge in [0.2, 0.25) is 5.91 Å². The Morgan fingerprint density at radius 2 is 1.96 bits per heavy atom. The van der Waals surface area contributed by atoms with Crippen LogP contribution in [0.25, 0.3) is 0 Å². The maximum atomic E-state index is 12.8. The number of anilines is 1. The minimum Gasteiger partial charge on any atom is -0.495 e. The molecule has 7 nitrogen and oxygen atoms in total. The van der Waals surface area contributed by atoms with Gasteiger partial charge < -0.3 is 25.0 Å². The van der Waals surface area contributed by atoms with Crippen LogP contribution in [0.4, 0.5) is 5.69 Å². The number of hydrogen-bond acceptors (Lipinski definition) is 5. The van der Waals surface area contributed by atoms with Gasteiger partial charge in [-0.25, -0.2) is 0 Å². The van der Waals surface area contributed by atoms with Crippen LogP contribution in [0.15, 0.2) is 24.3 Å². The number of hydrogen-bond donors (Lipinski definition) is 2. The van der Waals surface area contributed by atoms with Crippen LogP contribution in [-0.4, -0.2) is 57.3 Å². The van der Waals surface area contributed by atoms with Gasteiger partial charge in [-0.3, -0.25) is 9.59 Å². The van der Waals surface area contributed by atoms with Crippen LogP contribution in [0, 0.1) is 0 Å². The molecule has 0 aliphatic carbocycles. The third-order valence-corrected chi connectivity index (χ3v) is 5.10. The number of ether oxygens (including phenoxy) is 2. The lowest BCUT2D eigenvalue weighted by atomic mass is 9.90. The summed E-state index contributed by atoms with van der Waals surface area (Å²) in [7, 11) is 3.14. The summed E-state index contributed by atoms with van der Waals surface area (Å²) in [4.78, 5) is 27.2. The van der Waals surface area contributed by atoms with E-state index in [9.17, 15) is 9.59 Å². The number of amides is 2. The molecular formula is C18H26ClN3O4. The highest BCUT2D eigenvalue weighted by Crippen LogP contribution is 2.31. The normalized spacial score (nSPS) is 21.8. The van der Waals surface area contributed by atoms with Crippen LogP contribution in [0.3, 0.4) is 0 Å². The van der Waals surface area contributed by atoms with Crippen LogP contribution in [-0.2, 0) is 14.3 Å². The zero-order valence-corrected chi connectivity index (χ0v) is 15.9. The number of piperidine rings is 1. The van der Waals surface area contributed by atoms with Crippen LogP contribution >= 0.6 is 12.4 Å². The summed E-state index contributed by atoms with van der Waals surface area (Å²) in [6.45, 7) is 2.01. The number of halogens is 1. The number of carbonyl (C=O) groups is 2. The molecule has 2 N–H and O–H groups in total. The topological polar surface area (TPSA) is 79.9 Å². The number of rotatable bonds is 5. The highest BCUT2D eigenvalue weighted by molar-refractivity contribution is 6.03. The van der Waals surface area contributed by atoms with Crippen LogP contribution in [0.5, 0.6) is 5.75 Å². The van der Waals surface area contributed by atoms with Crippen molar-refractivity contribution in [3.8, 4) is 5.75 Å². The Bertz CT molecular complexity index is 649. The minimum absolute atomic E-state index is 0. The quantitative estimate of drug-likeness (QED) is 0.796. The van der Waals surface area contributed by atoms with Crippen molar-refractivity contribution in [3.63, 3.8) is 0 Å². The lowest BCUT2D eigenvalue weighted by molar-refractivity contribution is -0.148. The van der Waals surface area contributed by atoms with Gasteiger partial charge in [0.15, 0.2) is 0 Å². The van der Waals surface area contributed by atoms with Crippen molar-refractivity contribution < 1.29 is 19.1 Å². The van der Waals surface area contributed by atoms with E-state index in [1.54, 1.807) is 19.1 Å². The number of para-hydroxylation sites is 2. The number of benzene rings is 1. The molecule has 2 fully saturated rings. The third-order valence-electron chi connectivity index (χ3n) is 5.10. The summed E-state index contributed by atoms with van der Waals surface area (Å²) in [5.41, 5.74) is -0.112. The van der Waals surface area contributed by atoms with Gasteiger partial charge in [0.05, 0.1) is 12.8 Å². The van der Waals surface area contributed by atoms with Gasteiger partial charge in [-0.1, -0.05) is 12.1 Å². The van der Waals surface area contributed by atoms with E-state index < -0.39 is 11.6 Å². The molecule has 1 unspecified atom stereocenters. The van der Waals surface area contributed by atoms with Crippen LogP contribution < -0.4 is 20.3 Å². The molecule has 2 heterocycles. The fraction of sp³-hybridized carbons (Fsp3) is 0.556. The standard InChI is InChI=1S/C18H25N3O4.ClH/c1-24-15-6-4-3-5-14(15)21-12-7-13(16(21)22)20-17(23)18(25-2)8-10-19-11-9-18;/h3-6,13,19H,7-12H2,1-2H3,(H,20,23);1H.